The molecule has 0 atom stereocenters. The fourth-order valence-corrected chi connectivity index (χ4v) is 1.39. The molecular formula is C13H20FNS. The maximum Gasteiger partial charge on any atom is 0.123 e. The largest absolute Gasteiger partial charge is 0.330 e. The van der Waals surface area contributed by atoms with Gasteiger partial charge in [0.2, 0.25) is 0 Å². The molecule has 0 aliphatic heterocycles. The third kappa shape index (κ3) is 11.1. The first-order valence-corrected chi connectivity index (χ1v) is 6.14. The Balaban J connectivity index is 0. The number of hydrogen-bond acceptors (Lipinski definition) is 2. The van der Waals surface area contributed by atoms with Gasteiger partial charge in [0, 0.05) is 17.2 Å². The van der Waals surface area contributed by atoms with E-state index in [1.54, 1.807) is 23.9 Å². The second-order valence-corrected chi connectivity index (χ2v) is 3.97. The van der Waals surface area contributed by atoms with Crippen LogP contribution in [0, 0.1) is 18.7 Å². The van der Waals surface area contributed by atoms with Crippen LogP contribution in [0.2, 0.25) is 0 Å². The number of halogens is 1. The van der Waals surface area contributed by atoms with Gasteiger partial charge in [0.1, 0.15) is 5.82 Å². The van der Waals surface area contributed by atoms with E-state index in [0.717, 1.165) is 10.6 Å². The molecule has 0 aromatic heterocycles. The predicted octanol–water partition coefficient (Wildman–Crippen LogP) is 3.54. The molecular weight excluding hydrogens is 221 g/mol. The summed E-state index contributed by atoms with van der Waals surface area (Å²) in [6.45, 7) is 4.90. The Hall–Kier alpha value is -0.980. The minimum Gasteiger partial charge on any atom is -0.330 e. The van der Waals surface area contributed by atoms with E-state index in [1.807, 2.05) is 0 Å². The van der Waals surface area contributed by atoms with Crippen LogP contribution in [-0.4, -0.2) is 12.3 Å². The van der Waals surface area contributed by atoms with E-state index in [0.29, 0.717) is 6.54 Å². The van der Waals surface area contributed by atoms with Crippen molar-refractivity contribution in [2.45, 2.75) is 25.2 Å². The van der Waals surface area contributed by atoms with Crippen molar-refractivity contribution in [1.82, 2.24) is 0 Å². The fraction of sp³-hybridized carbons (Fsp3) is 0.385. The maximum atomic E-state index is 12.4. The number of thioether (sulfide) groups is 1. The Morgan fingerprint density at radius 1 is 1.19 bits per heavy atom. The van der Waals surface area contributed by atoms with E-state index in [1.165, 1.54) is 18.6 Å². The first kappa shape index (κ1) is 17.4. The third-order valence-corrected chi connectivity index (χ3v) is 2.25. The molecule has 1 aromatic carbocycles. The highest BCUT2D eigenvalue weighted by Crippen LogP contribution is 2.16. The predicted molar refractivity (Wildman–Crippen MR) is 72.0 cm³/mol. The van der Waals surface area contributed by atoms with Crippen LogP contribution in [0.3, 0.4) is 0 Å². The molecule has 1 rings (SSSR count). The van der Waals surface area contributed by atoms with Gasteiger partial charge in [-0.2, -0.15) is 0 Å². The van der Waals surface area contributed by atoms with Crippen molar-refractivity contribution in [1.29, 1.82) is 0 Å². The van der Waals surface area contributed by atoms with Crippen LogP contribution >= 0.6 is 11.8 Å². The van der Waals surface area contributed by atoms with Gasteiger partial charge in [-0.3, -0.25) is 0 Å². The van der Waals surface area contributed by atoms with Crippen LogP contribution in [0.4, 0.5) is 4.39 Å². The van der Waals surface area contributed by atoms with Gasteiger partial charge in [-0.25, -0.2) is 4.39 Å². The molecule has 0 aliphatic rings. The summed E-state index contributed by atoms with van der Waals surface area (Å²) in [5.74, 6) is 0.688. The summed E-state index contributed by atoms with van der Waals surface area (Å²) in [5, 5.41) is 0. The first-order valence-electron chi connectivity index (χ1n) is 5.16. The van der Waals surface area contributed by atoms with E-state index in [-0.39, 0.29) is 5.82 Å². The molecule has 90 valence electrons. The molecule has 0 radical (unpaired) electrons. The Labute approximate surface area is 103 Å². The highest BCUT2D eigenvalue weighted by molar-refractivity contribution is 7.99. The second kappa shape index (κ2) is 14.0. The normalized spacial score (nSPS) is 8.12. The molecule has 16 heavy (non-hydrogen) atoms. The SMILES string of the molecule is C#C.CCC.NCCSc1ccc(F)cc1. The Kier molecular flexibility index (Phi) is 15.3. The van der Waals surface area contributed by atoms with E-state index in [4.69, 9.17) is 5.73 Å². The smallest absolute Gasteiger partial charge is 0.123 e. The zero-order chi connectivity index (χ0) is 12.8. The summed E-state index contributed by atoms with van der Waals surface area (Å²) >= 11 is 1.64. The summed E-state index contributed by atoms with van der Waals surface area (Å²) in [5.41, 5.74) is 5.31. The molecule has 0 saturated heterocycles. The molecule has 0 unspecified atom stereocenters. The summed E-state index contributed by atoms with van der Waals surface area (Å²) in [6, 6.07) is 6.43. The first-order chi connectivity index (χ1) is 7.74. The van der Waals surface area contributed by atoms with Crippen LogP contribution in [-0.2, 0) is 0 Å². The molecule has 0 spiro atoms. The zero-order valence-corrected chi connectivity index (χ0v) is 10.8. The zero-order valence-electron chi connectivity index (χ0n) is 9.95. The molecule has 0 fully saturated rings. The van der Waals surface area contributed by atoms with Crippen LogP contribution < -0.4 is 5.73 Å². The molecule has 2 N–H and O–H groups in total. The van der Waals surface area contributed by atoms with Crippen molar-refractivity contribution in [3.63, 3.8) is 0 Å². The molecule has 1 aromatic rings. The fourth-order valence-electron chi connectivity index (χ4n) is 0.708. The van der Waals surface area contributed by atoms with Crippen molar-refractivity contribution < 1.29 is 4.39 Å². The van der Waals surface area contributed by atoms with E-state index < -0.39 is 0 Å². The van der Waals surface area contributed by atoms with Crippen LogP contribution in [0.1, 0.15) is 20.3 Å². The second-order valence-electron chi connectivity index (χ2n) is 2.80. The average Bonchev–Trinajstić information content (AvgIpc) is 2.32. The minimum atomic E-state index is -0.193. The molecule has 3 heteroatoms. The molecule has 0 aliphatic carbocycles. The number of terminal acetylenes is 1. The monoisotopic (exact) mass is 241 g/mol. The molecule has 0 heterocycles. The Bertz CT molecular complexity index is 256. The quantitative estimate of drug-likeness (QED) is 0.647. The lowest BCUT2D eigenvalue weighted by molar-refractivity contribution is 0.626. The lowest BCUT2D eigenvalue weighted by atomic mass is 10.4. The number of rotatable bonds is 3. The third-order valence-electron chi connectivity index (χ3n) is 1.20. The summed E-state index contributed by atoms with van der Waals surface area (Å²) < 4.78 is 12.4. The van der Waals surface area contributed by atoms with Crippen LogP contribution in [0.15, 0.2) is 29.2 Å². The number of benzene rings is 1. The van der Waals surface area contributed by atoms with Gasteiger partial charge in [-0.1, -0.05) is 20.3 Å². The maximum absolute atomic E-state index is 12.4. The Morgan fingerprint density at radius 2 is 1.62 bits per heavy atom. The standard InChI is InChI=1S/C8H10FNS.C3H8.C2H2/c9-7-1-3-8(4-2-7)11-6-5-10;1-3-2;1-2/h1-4H,5-6,10H2;3H2,1-2H3;1-2H. The van der Waals surface area contributed by atoms with E-state index >= 15 is 0 Å². The van der Waals surface area contributed by atoms with Crippen molar-refractivity contribution >= 4 is 11.8 Å². The number of nitrogens with two attached hydrogens (primary N) is 1. The van der Waals surface area contributed by atoms with Gasteiger partial charge >= 0.3 is 0 Å². The van der Waals surface area contributed by atoms with Crippen molar-refractivity contribution in [3.8, 4) is 12.8 Å². The molecule has 0 saturated carbocycles. The highest BCUT2D eigenvalue weighted by Gasteiger charge is 1.92. The lowest BCUT2D eigenvalue weighted by Gasteiger charge is -1.97. The van der Waals surface area contributed by atoms with E-state index in [9.17, 15) is 4.39 Å². The summed E-state index contributed by atoms with van der Waals surface area (Å²) in [4.78, 5) is 1.07. The van der Waals surface area contributed by atoms with Gasteiger partial charge in [0.25, 0.3) is 0 Å². The van der Waals surface area contributed by atoms with Crippen LogP contribution in [0.25, 0.3) is 0 Å². The van der Waals surface area contributed by atoms with Crippen molar-refractivity contribution in [3.05, 3.63) is 30.1 Å². The highest BCUT2D eigenvalue weighted by atomic mass is 32.2. The summed E-state index contributed by atoms with van der Waals surface area (Å²) in [7, 11) is 0. The van der Waals surface area contributed by atoms with Crippen molar-refractivity contribution in [2.24, 2.45) is 5.73 Å². The van der Waals surface area contributed by atoms with Crippen LogP contribution in [0.5, 0.6) is 0 Å². The topological polar surface area (TPSA) is 26.0 Å². The lowest BCUT2D eigenvalue weighted by Crippen LogP contribution is -2.00. The molecule has 1 nitrogen and oxygen atoms in total. The molecule has 0 amide bonds. The Morgan fingerprint density at radius 3 is 2.00 bits per heavy atom. The van der Waals surface area contributed by atoms with E-state index in [2.05, 4.69) is 26.7 Å². The molecule has 0 bridgehead atoms. The average molecular weight is 241 g/mol. The van der Waals surface area contributed by atoms with Crippen molar-refractivity contribution in [2.75, 3.05) is 12.3 Å². The summed E-state index contributed by atoms with van der Waals surface area (Å²) in [6.07, 6.45) is 9.25. The van der Waals surface area contributed by atoms with Gasteiger partial charge in [0.05, 0.1) is 0 Å². The minimum absolute atomic E-state index is 0.193. The van der Waals surface area contributed by atoms with Gasteiger partial charge < -0.3 is 5.73 Å². The van der Waals surface area contributed by atoms with Gasteiger partial charge in [-0.15, -0.1) is 24.6 Å². The number of hydrogen-bond donors (Lipinski definition) is 1. The van der Waals surface area contributed by atoms with Gasteiger partial charge in [-0.05, 0) is 24.3 Å². The van der Waals surface area contributed by atoms with Gasteiger partial charge in [0.15, 0.2) is 0 Å².